The molecule has 1 aromatic heterocycles. The van der Waals surface area contributed by atoms with E-state index in [2.05, 4.69) is 0 Å². The predicted molar refractivity (Wildman–Crippen MR) is 90.8 cm³/mol. The number of benzene rings is 2. The summed E-state index contributed by atoms with van der Waals surface area (Å²) in [6.07, 6.45) is 0. The van der Waals surface area contributed by atoms with E-state index in [1.165, 1.54) is 0 Å². The van der Waals surface area contributed by atoms with Crippen LogP contribution in [0.2, 0.25) is 0 Å². The van der Waals surface area contributed by atoms with Crippen molar-refractivity contribution in [1.29, 1.82) is 0 Å². The van der Waals surface area contributed by atoms with E-state index in [1.807, 2.05) is 72.3 Å². The van der Waals surface area contributed by atoms with Crippen LogP contribution in [0.25, 0.3) is 11.1 Å². The molecule has 0 fully saturated rings. The molecule has 22 heavy (non-hydrogen) atoms. The molecule has 2 nitrogen and oxygen atoms in total. The van der Waals surface area contributed by atoms with Crippen molar-refractivity contribution in [2.45, 2.75) is 6.92 Å². The van der Waals surface area contributed by atoms with Crippen molar-refractivity contribution in [2.75, 3.05) is 6.61 Å². The van der Waals surface area contributed by atoms with Crippen molar-refractivity contribution < 1.29 is 9.53 Å². The summed E-state index contributed by atoms with van der Waals surface area (Å²) in [5, 5.41) is 4.06. The van der Waals surface area contributed by atoms with Gasteiger partial charge in [-0.3, -0.25) is 4.79 Å². The first-order valence-electron chi connectivity index (χ1n) is 7.18. The van der Waals surface area contributed by atoms with E-state index in [0.29, 0.717) is 17.7 Å². The van der Waals surface area contributed by atoms with Crippen LogP contribution >= 0.6 is 11.3 Å². The Morgan fingerprint density at radius 3 is 2.59 bits per heavy atom. The lowest BCUT2D eigenvalue weighted by atomic mass is 9.95. The molecular formula is C19H16O2S. The molecule has 0 atom stereocenters. The zero-order valence-electron chi connectivity index (χ0n) is 12.3. The molecule has 0 bridgehead atoms. The molecule has 0 aliphatic heterocycles. The normalized spacial score (nSPS) is 10.4. The average Bonchev–Trinajstić information content (AvgIpc) is 3.10. The number of rotatable bonds is 5. The molecule has 3 rings (SSSR count). The van der Waals surface area contributed by atoms with Crippen LogP contribution in [0, 0.1) is 0 Å². The lowest BCUT2D eigenvalue weighted by molar-refractivity contribution is 0.103. The van der Waals surface area contributed by atoms with Crippen molar-refractivity contribution in [2.24, 2.45) is 0 Å². The molecule has 1 heterocycles. The van der Waals surface area contributed by atoms with Crippen LogP contribution in [0.3, 0.4) is 0 Å². The molecule has 0 saturated heterocycles. The van der Waals surface area contributed by atoms with Crippen molar-refractivity contribution in [3.8, 4) is 16.9 Å². The van der Waals surface area contributed by atoms with Crippen LogP contribution in [0.4, 0.5) is 0 Å². The van der Waals surface area contributed by atoms with Gasteiger partial charge in [0.1, 0.15) is 5.75 Å². The van der Waals surface area contributed by atoms with Crippen LogP contribution in [-0.2, 0) is 0 Å². The summed E-state index contributed by atoms with van der Waals surface area (Å²) < 4.78 is 5.58. The van der Waals surface area contributed by atoms with E-state index >= 15 is 0 Å². The van der Waals surface area contributed by atoms with E-state index in [9.17, 15) is 4.79 Å². The van der Waals surface area contributed by atoms with Gasteiger partial charge in [-0.1, -0.05) is 30.3 Å². The summed E-state index contributed by atoms with van der Waals surface area (Å²) in [6.45, 7) is 2.56. The van der Waals surface area contributed by atoms with Gasteiger partial charge in [0.15, 0.2) is 5.78 Å². The SMILES string of the molecule is CCOc1ccc(C(=O)c2ccccc2)c(-c2ccsc2)c1. The average molecular weight is 308 g/mol. The molecule has 0 N–H and O–H groups in total. The van der Waals surface area contributed by atoms with Gasteiger partial charge in [0.05, 0.1) is 6.61 Å². The van der Waals surface area contributed by atoms with Crippen LogP contribution < -0.4 is 4.74 Å². The molecule has 0 amide bonds. The molecule has 0 aliphatic rings. The van der Waals surface area contributed by atoms with E-state index in [0.717, 1.165) is 16.9 Å². The summed E-state index contributed by atoms with van der Waals surface area (Å²) in [4.78, 5) is 12.8. The minimum absolute atomic E-state index is 0.0323. The highest BCUT2D eigenvalue weighted by molar-refractivity contribution is 7.08. The Morgan fingerprint density at radius 2 is 1.91 bits per heavy atom. The van der Waals surface area contributed by atoms with Gasteiger partial charge in [0.2, 0.25) is 0 Å². The Balaban J connectivity index is 2.09. The fraction of sp³-hybridized carbons (Fsp3) is 0.105. The third-order valence-electron chi connectivity index (χ3n) is 3.41. The number of ketones is 1. The third-order valence-corrected chi connectivity index (χ3v) is 4.10. The van der Waals surface area contributed by atoms with Crippen molar-refractivity contribution in [1.82, 2.24) is 0 Å². The first-order chi connectivity index (χ1) is 10.8. The maximum atomic E-state index is 12.8. The Morgan fingerprint density at radius 1 is 1.09 bits per heavy atom. The second-order valence-electron chi connectivity index (χ2n) is 4.85. The molecule has 0 spiro atoms. The van der Waals surface area contributed by atoms with E-state index in [-0.39, 0.29) is 5.78 Å². The molecule has 110 valence electrons. The molecule has 0 unspecified atom stereocenters. The third kappa shape index (κ3) is 2.95. The number of thiophene rings is 1. The van der Waals surface area contributed by atoms with Gasteiger partial charge in [0, 0.05) is 11.1 Å². The van der Waals surface area contributed by atoms with Gasteiger partial charge in [-0.2, -0.15) is 11.3 Å². The number of hydrogen-bond acceptors (Lipinski definition) is 3. The lowest BCUT2D eigenvalue weighted by Gasteiger charge is -2.11. The lowest BCUT2D eigenvalue weighted by Crippen LogP contribution is -2.04. The van der Waals surface area contributed by atoms with Gasteiger partial charge >= 0.3 is 0 Å². The summed E-state index contributed by atoms with van der Waals surface area (Å²) in [5.74, 6) is 0.818. The maximum Gasteiger partial charge on any atom is 0.193 e. The summed E-state index contributed by atoms with van der Waals surface area (Å²) in [7, 11) is 0. The fourth-order valence-electron chi connectivity index (χ4n) is 2.38. The monoisotopic (exact) mass is 308 g/mol. The van der Waals surface area contributed by atoms with Gasteiger partial charge in [-0.05, 0) is 53.1 Å². The highest BCUT2D eigenvalue weighted by atomic mass is 32.1. The Bertz CT molecular complexity index is 761. The zero-order chi connectivity index (χ0) is 15.4. The summed E-state index contributed by atoms with van der Waals surface area (Å²) >= 11 is 1.62. The number of carbonyl (C=O) groups excluding carboxylic acids is 1. The number of hydrogen-bond donors (Lipinski definition) is 0. The highest BCUT2D eigenvalue weighted by Crippen LogP contribution is 2.31. The minimum atomic E-state index is 0.0323. The molecule has 2 aromatic carbocycles. The Hall–Kier alpha value is -2.39. The largest absolute Gasteiger partial charge is 0.494 e. The van der Waals surface area contributed by atoms with Gasteiger partial charge in [-0.25, -0.2) is 0 Å². The van der Waals surface area contributed by atoms with Gasteiger partial charge in [-0.15, -0.1) is 0 Å². The smallest absolute Gasteiger partial charge is 0.193 e. The second kappa shape index (κ2) is 6.58. The summed E-state index contributed by atoms with van der Waals surface area (Å²) in [5.41, 5.74) is 3.36. The Kier molecular flexibility index (Phi) is 4.35. The van der Waals surface area contributed by atoms with E-state index in [1.54, 1.807) is 11.3 Å². The Labute approximate surface area is 134 Å². The van der Waals surface area contributed by atoms with Crippen molar-refractivity contribution in [3.63, 3.8) is 0 Å². The van der Waals surface area contributed by atoms with Crippen LogP contribution in [0.1, 0.15) is 22.8 Å². The summed E-state index contributed by atoms with van der Waals surface area (Å²) in [6, 6.07) is 17.0. The quantitative estimate of drug-likeness (QED) is 0.617. The van der Waals surface area contributed by atoms with Crippen LogP contribution in [-0.4, -0.2) is 12.4 Å². The zero-order valence-corrected chi connectivity index (χ0v) is 13.1. The van der Waals surface area contributed by atoms with Gasteiger partial charge in [0.25, 0.3) is 0 Å². The molecule has 3 aromatic rings. The fourth-order valence-corrected chi connectivity index (χ4v) is 3.04. The number of carbonyl (C=O) groups is 1. The standard InChI is InChI=1S/C19H16O2S/c1-2-21-16-8-9-17(18(12-16)15-10-11-22-13-15)19(20)14-6-4-3-5-7-14/h3-13H,2H2,1H3. The molecular weight excluding hydrogens is 292 g/mol. The topological polar surface area (TPSA) is 26.3 Å². The number of ether oxygens (including phenoxy) is 1. The van der Waals surface area contributed by atoms with Crippen LogP contribution in [0.5, 0.6) is 5.75 Å². The van der Waals surface area contributed by atoms with Gasteiger partial charge < -0.3 is 4.74 Å². The van der Waals surface area contributed by atoms with Crippen molar-refractivity contribution >= 4 is 17.1 Å². The van der Waals surface area contributed by atoms with Crippen LogP contribution in [0.15, 0.2) is 65.4 Å². The second-order valence-corrected chi connectivity index (χ2v) is 5.63. The molecule has 3 heteroatoms. The van der Waals surface area contributed by atoms with E-state index < -0.39 is 0 Å². The maximum absolute atomic E-state index is 12.8. The predicted octanol–water partition coefficient (Wildman–Crippen LogP) is 5.04. The molecule has 0 saturated carbocycles. The minimum Gasteiger partial charge on any atom is -0.494 e. The first kappa shape index (κ1) is 14.5. The van der Waals surface area contributed by atoms with E-state index in [4.69, 9.17) is 4.74 Å². The van der Waals surface area contributed by atoms with Crippen molar-refractivity contribution in [3.05, 3.63) is 76.5 Å². The first-order valence-corrected chi connectivity index (χ1v) is 8.13. The highest BCUT2D eigenvalue weighted by Gasteiger charge is 2.16. The molecule has 0 aliphatic carbocycles. The molecule has 0 radical (unpaired) electrons.